The molecule has 0 fully saturated rings. The van der Waals surface area contributed by atoms with Gasteiger partial charge in [0.25, 0.3) is 10.0 Å². The number of hydrogen-bond acceptors (Lipinski definition) is 7. The monoisotopic (exact) mass is 399 g/mol. The van der Waals surface area contributed by atoms with Crippen LogP contribution in [0.1, 0.15) is 18.2 Å². The van der Waals surface area contributed by atoms with Crippen molar-refractivity contribution in [2.75, 3.05) is 5.75 Å². The summed E-state index contributed by atoms with van der Waals surface area (Å²) in [6, 6.07) is 5.96. The number of sulfonamides is 1. The number of thioether (sulfide) groups is 1. The first-order valence-electron chi connectivity index (χ1n) is 7.20. The molecule has 10 heteroatoms. The minimum atomic E-state index is -3.92. The lowest BCUT2D eigenvalue weighted by molar-refractivity contribution is -0.119. The van der Waals surface area contributed by atoms with E-state index in [2.05, 4.69) is 10.3 Å². The molecule has 0 saturated heterocycles. The van der Waals surface area contributed by atoms with E-state index in [1.54, 1.807) is 12.1 Å². The summed E-state index contributed by atoms with van der Waals surface area (Å²) in [5.41, 5.74) is 1.62. The first-order chi connectivity index (χ1) is 11.8. The number of aryl methyl sites for hydroxylation is 1. The molecule has 1 aromatic heterocycles. The van der Waals surface area contributed by atoms with E-state index in [1.807, 2.05) is 17.0 Å². The number of carbonyl (C=O) groups is 2. The van der Waals surface area contributed by atoms with Crippen LogP contribution in [0, 0.1) is 6.92 Å². The summed E-state index contributed by atoms with van der Waals surface area (Å²) in [6.07, 6.45) is 0. The van der Waals surface area contributed by atoms with Gasteiger partial charge in [-0.3, -0.25) is 9.59 Å². The fourth-order valence-electron chi connectivity index (χ4n) is 1.78. The van der Waals surface area contributed by atoms with E-state index in [-0.39, 0.29) is 16.6 Å². The molecule has 2 rings (SSSR count). The Morgan fingerprint density at radius 2 is 1.92 bits per heavy atom. The Morgan fingerprint density at radius 1 is 1.24 bits per heavy atom. The van der Waals surface area contributed by atoms with Crippen molar-refractivity contribution >= 4 is 44.9 Å². The van der Waals surface area contributed by atoms with Crippen molar-refractivity contribution in [3.05, 3.63) is 40.9 Å². The molecule has 2 amide bonds. The van der Waals surface area contributed by atoms with Crippen LogP contribution in [0.25, 0.3) is 0 Å². The van der Waals surface area contributed by atoms with Crippen molar-refractivity contribution in [3.8, 4) is 0 Å². The summed E-state index contributed by atoms with van der Waals surface area (Å²) >= 11 is 2.59. The summed E-state index contributed by atoms with van der Waals surface area (Å²) in [4.78, 5) is 26.9. The third kappa shape index (κ3) is 6.15. The van der Waals surface area contributed by atoms with Crippen LogP contribution in [0.5, 0.6) is 0 Å². The highest BCUT2D eigenvalue weighted by Gasteiger charge is 2.18. The molecule has 0 bridgehead atoms. The molecule has 0 spiro atoms. The fraction of sp³-hybridized carbons (Fsp3) is 0.267. The Morgan fingerprint density at radius 3 is 2.48 bits per heavy atom. The molecule has 2 aromatic rings. The molecule has 1 heterocycles. The van der Waals surface area contributed by atoms with Gasteiger partial charge in [-0.1, -0.05) is 23.9 Å². The molecular formula is C15H17N3O4S3. The maximum atomic E-state index is 12.2. The number of amides is 2. The average molecular weight is 400 g/mol. The van der Waals surface area contributed by atoms with Gasteiger partial charge in [0.2, 0.25) is 11.8 Å². The van der Waals surface area contributed by atoms with Crippen molar-refractivity contribution in [3.63, 3.8) is 0 Å². The lowest BCUT2D eigenvalue weighted by Gasteiger charge is -2.08. The molecule has 0 saturated carbocycles. The summed E-state index contributed by atoms with van der Waals surface area (Å²) in [7, 11) is -3.92. The zero-order valence-corrected chi connectivity index (χ0v) is 16.1. The second-order valence-corrected chi connectivity index (χ2v) is 8.89. The van der Waals surface area contributed by atoms with Crippen LogP contribution in [-0.2, 0) is 26.2 Å². The Hall–Kier alpha value is -1.91. The topological polar surface area (TPSA) is 105 Å². The van der Waals surface area contributed by atoms with Crippen molar-refractivity contribution < 1.29 is 18.0 Å². The molecule has 7 nitrogen and oxygen atoms in total. The van der Waals surface area contributed by atoms with E-state index in [0.717, 1.165) is 11.3 Å². The third-order valence-corrected chi connectivity index (χ3v) is 6.48. The van der Waals surface area contributed by atoms with E-state index in [1.165, 1.54) is 42.2 Å². The van der Waals surface area contributed by atoms with Crippen LogP contribution in [0.4, 0.5) is 0 Å². The molecule has 2 N–H and O–H groups in total. The number of aromatic nitrogens is 1. The number of thiazole rings is 1. The van der Waals surface area contributed by atoms with Gasteiger partial charge >= 0.3 is 0 Å². The highest BCUT2D eigenvalue weighted by atomic mass is 32.2. The van der Waals surface area contributed by atoms with Gasteiger partial charge in [-0.15, -0.1) is 11.3 Å². The maximum Gasteiger partial charge on any atom is 0.264 e. The number of benzene rings is 1. The molecule has 0 aliphatic rings. The maximum absolute atomic E-state index is 12.2. The Bertz CT molecular complexity index is 860. The van der Waals surface area contributed by atoms with E-state index in [4.69, 9.17) is 0 Å². The van der Waals surface area contributed by atoms with Crippen LogP contribution in [0.15, 0.2) is 38.9 Å². The molecule has 1 aromatic carbocycles. The lowest BCUT2D eigenvalue weighted by atomic mass is 10.2. The summed E-state index contributed by atoms with van der Waals surface area (Å²) in [5, 5.41) is 4.48. The molecule has 0 aliphatic carbocycles. The molecule has 0 atom stereocenters. The van der Waals surface area contributed by atoms with Gasteiger partial charge in [0, 0.05) is 24.5 Å². The van der Waals surface area contributed by atoms with Crippen molar-refractivity contribution in [2.45, 2.75) is 29.6 Å². The second kappa shape index (κ2) is 8.45. The standard InChI is InChI=1S/C15H17N3O4S3/c1-10-8-23-15(17-10)24-9-14(20)18-25(21,22)13-5-3-12(4-6-13)7-16-11(2)19/h3-6,8H,7,9H2,1-2H3,(H,16,19)(H,18,20). The molecule has 0 radical (unpaired) electrons. The smallest absolute Gasteiger partial charge is 0.264 e. The molecule has 134 valence electrons. The van der Waals surface area contributed by atoms with Gasteiger partial charge in [-0.2, -0.15) is 0 Å². The van der Waals surface area contributed by atoms with E-state index in [0.29, 0.717) is 10.9 Å². The first kappa shape index (κ1) is 19.4. The highest BCUT2D eigenvalue weighted by molar-refractivity contribution is 8.01. The van der Waals surface area contributed by atoms with Crippen molar-refractivity contribution in [1.82, 2.24) is 15.0 Å². The molecular weight excluding hydrogens is 382 g/mol. The molecule has 25 heavy (non-hydrogen) atoms. The van der Waals surface area contributed by atoms with Gasteiger partial charge in [-0.25, -0.2) is 18.1 Å². The number of rotatable bonds is 7. The van der Waals surface area contributed by atoms with Crippen molar-refractivity contribution in [1.29, 1.82) is 0 Å². The zero-order valence-electron chi connectivity index (χ0n) is 13.6. The SMILES string of the molecule is CC(=O)NCc1ccc(S(=O)(=O)NC(=O)CSc2nc(C)cs2)cc1. The van der Waals surface area contributed by atoms with E-state index in [9.17, 15) is 18.0 Å². The molecule has 0 unspecified atom stereocenters. The van der Waals surface area contributed by atoms with Gasteiger partial charge in [0.05, 0.1) is 10.6 Å². The predicted octanol–water partition coefficient (Wildman–Crippen LogP) is 1.68. The summed E-state index contributed by atoms with van der Waals surface area (Å²) in [5.74, 6) is -0.815. The number of nitrogens with zero attached hydrogens (tertiary/aromatic N) is 1. The first-order valence-corrected chi connectivity index (χ1v) is 10.5. The van der Waals surface area contributed by atoms with E-state index >= 15 is 0 Å². The van der Waals surface area contributed by atoms with Crippen LogP contribution >= 0.6 is 23.1 Å². The van der Waals surface area contributed by atoms with Crippen LogP contribution in [0.2, 0.25) is 0 Å². The number of nitrogens with one attached hydrogen (secondary N) is 2. The largest absolute Gasteiger partial charge is 0.352 e. The number of carbonyl (C=O) groups excluding carboxylic acids is 2. The normalized spacial score (nSPS) is 11.1. The predicted molar refractivity (Wildman–Crippen MR) is 96.9 cm³/mol. The lowest BCUT2D eigenvalue weighted by Crippen LogP contribution is -2.31. The van der Waals surface area contributed by atoms with E-state index < -0.39 is 15.9 Å². The van der Waals surface area contributed by atoms with Gasteiger partial charge in [0.15, 0.2) is 4.34 Å². The number of hydrogen-bond donors (Lipinski definition) is 2. The fourth-order valence-corrected chi connectivity index (χ4v) is 4.50. The van der Waals surface area contributed by atoms with Gasteiger partial charge in [-0.05, 0) is 24.6 Å². The Labute approximate surface area is 154 Å². The van der Waals surface area contributed by atoms with Crippen LogP contribution in [0.3, 0.4) is 0 Å². The Kier molecular flexibility index (Phi) is 6.57. The average Bonchev–Trinajstić information content (AvgIpc) is 2.96. The summed E-state index contributed by atoms with van der Waals surface area (Å²) in [6.45, 7) is 3.56. The van der Waals surface area contributed by atoms with Gasteiger partial charge < -0.3 is 5.32 Å². The highest BCUT2D eigenvalue weighted by Crippen LogP contribution is 2.22. The van der Waals surface area contributed by atoms with Gasteiger partial charge in [0.1, 0.15) is 0 Å². The third-order valence-electron chi connectivity index (χ3n) is 2.95. The second-order valence-electron chi connectivity index (χ2n) is 5.13. The summed E-state index contributed by atoms with van der Waals surface area (Å²) < 4.78 is 27.2. The van der Waals surface area contributed by atoms with Crippen molar-refractivity contribution in [2.24, 2.45) is 0 Å². The zero-order chi connectivity index (χ0) is 18.4. The minimum Gasteiger partial charge on any atom is -0.352 e. The Balaban J connectivity index is 1.93. The van der Waals surface area contributed by atoms with Crippen LogP contribution in [-0.4, -0.2) is 31.0 Å². The quantitative estimate of drug-likeness (QED) is 0.687. The molecule has 0 aliphatic heterocycles. The minimum absolute atomic E-state index is 0.0116. The van der Waals surface area contributed by atoms with Crippen LogP contribution < -0.4 is 10.0 Å².